The van der Waals surface area contributed by atoms with Crippen molar-refractivity contribution >= 4 is 23.4 Å². The number of halogens is 1. The van der Waals surface area contributed by atoms with Crippen LogP contribution >= 0.6 is 12.4 Å². The van der Waals surface area contributed by atoms with Crippen molar-refractivity contribution in [1.29, 1.82) is 0 Å². The van der Waals surface area contributed by atoms with Gasteiger partial charge in [-0.3, -0.25) is 0 Å². The van der Waals surface area contributed by atoms with Crippen LogP contribution in [0.5, 0.6) is 5.88 Å². The van der Waals surface area contributed by atoms with Crippen LogP contribution in [-0.4, -0.2) is 18.3 Å². The van der Waals surface area contributed by atoms with Crippen molar-refractivity contribution in [3.63, 3.8) is 0 Å². The highest BCUT2D eigenvalue weighted by atomic mass is 35.5. The van der Waals surface area contributed by atoms with Gasteiger partial charge in [0.2, 0.25) is 0 Å². The first-order chi connectivity index (χ1) is 6.42. The van der Waals surface area contributed by atoms with E-state index in [1.54, 1.807) is 0 Å². The highest BCUT2D eigenvalue weighted by Gasteiger charge is 2.06. The van der Waals surface area contributed by atoms with Gasteiger partial charge in [0.05, 0.1) is 5.39 Å². The van der Waals surface area contributed by atoms with E-state index in [9.17, 15) is 0 Å². The molecule has 0 aliphatic heterocycles. The molecule has 76 valence electrons. The van der Waals surface area contributed by atoms with Crippen LogP contribution in [0.15, 0.2) is 28.8 Å². The van der Waals surface area contributed by atoms with E-state index in [0.29, 0.717) is 19.0 Å². The second-order valence-corrected chi connectivity index (χ2v) is 2.62. The van der Waals surface area contributed by atoms with Crippen molar-refractivity contribution in [2.75, 3.05) is 13.2 Å². The second-order valence-electron chi connectivity index (χ2n) is 2.62. The molecule has 2 rings (SSSR count). The smallest absolute Gasteiger partial charge is 0.262 e. The van der Waals surface area contributed by atoms with Crippen LogP contribution in [0.3, 0.4) is 0 Å². The Morgan fingerprint density at radius 3 is 2.93 bits per heavy atom. The van der Waals surface area contributed by atoms with E-state index in [-0.39, 0.29) is 12.4 Å². The number of benzene rings is 1. The number of hydrogen-bond acceptors (Lipinski definition) is 4. The third-order valence-electron chi connectivity index (χ3n) is 1.70. The minimum absolute atomic E-state index is 0. The van der Waals surface area contributed by atoms with Gasteiger partial charge in [-0.15, -0.1) is 12.4 Å². The first kappa shape index (κ1) is 10.8. The Morgan fingerprint density at radius 2 is 2.14 bits per heavy atom. The molecule has 1 aromatic heterocycles. The summed E-state index contributed by atoms with van der Waals surface area (Å²) in [6.07, 6.45) is 0. The molecule has 14 heavy (non-hydrogen) atoms. The molecular weight excluding hydrogens is 204 g/mol. The molecule has 0 fully saturated rings. The quantitative estimate of drug-likeness (QED) is 0.843. The molecule has 0 unspecified atom stereocenters. The summed E-state index contributed by atoms with van der Waals surface area (Å²) in [4.78, 5) is 0. The zero-order chi connectivity index (χ0) is 9.10. The Kier molecular flexibility index (Phi) is 3.73. The molecule has 0 aliphatic carbocycles. The van der Waals surface area contributed by atoms with Gasteiger partial charge in [-0.2, -0.15) is 0 Å². The zero-order valence-electron chi connectivity index (χ0n) is 7.47. The molecule has 4 nitrogen and oxygen atoms in total. The average Bonchev–Trinajstić information content (AvgIpc) is 2.58. The highest BCUT2D eigenvalue weighted by molar-refractivity contribution is 5.85. The maximum Gasteiger partial charge on any atom is 0.262 e. The van der Waals surface area contributed by atoms with Crippen molar-refractivity contribution in [3.8, 4) is 5.88 Å². The van der Waals surface area contributed by atoms with Crippen LogP contribution in [0.2, 0.25) is 0 Å². The molecule has 1 aromatic carbocycles. The number of aromatic nitrogens is 1. The Morgan fingerprint density at radius 1 is 1.36 bits per heavy atom. The van der Waals surface area contributed by atoms with Crippen molar-refractivity contribution in [2.24, 2.45) is 5.73 Å². The van der Waals surface area contributed by atoms with Gasteiger partial charge in [0.15, 0.2) is 5.58 Å². The van der Waals surface area contributed by atoms with Gasteiger partial charge in [0.25, 0.3) is 5.88 Å². The largest absolute Gasteiger partial charge is 0.474 e. The van der Waals surface area contributed by atoms with Crippen LogP contribution in [0, 0.1) is 0 Å². The van der Waals surface area contributed by atoms with Crippen LogP contribution in [0.1, 0.15) is 0 Å². The minimum atomic E-state index is 0. The number of fused-ring (bicyclic) bond motifs is 1. The summed E-state index contributed by atoms with van der Waals surface area (Å²) in [5.74, 6) is 0.515. The number of para-hydroxylation sites is 1. The molecule has 2 N–H and O–H groups in total. The monoisotopic (exact) mass is 214 g/mol. The molecule has 1 heterocycles. The fraction of sp³-hybridized carbons (Fsp3) is 0.222. The van der Waals surface area contributed by atoms with Gasteiger partial charge in [0.1, 0.15) is 6.61 Å². The van der Waals surface area contributed by atoms with E-state index in [0.717, 1.165) is 11.0 Å². The Balaban J connectivity index is 0.000000980. The summed E-state index contributed by atoms with van der Waals surface area (Å²) in [7, 11) is 0. The van der Waals surface area contributed by atoms with Crippen LogP contribution < -0.4 is 10.5 Å². The molecule has 0 aliphatic rings. The van der Waals surface area contributed by atoms with Gasteiger partial charge >= 0.3 is 0 Å². The third-order valence-corrected chi connectivity index (χ3v) is 1.70. The molecular formula is C9H11ClN2O2. The second kappa shape index (κ2) is 4.83. The number of hydrogen-bond donors (Lipinski definition) is 1. The molecule has 2 aromatic rings. The van der Waals surface area contributed by atoms with E-state index < -0.39 is 0 Å². The number of ether oxygens (including phenoxy) is 1. The first-order valence-corrected chi connectivity index (χ1v) is 4.09. The van der Waals surface area contributed by atoms with Gasteiger partial charge in [-0.25, -0.2) is 0 Å². The lowest BCUT2D eigenvalue weighted by Gasteiger charge is -1.97. The van der Waals surface area contributed by atoms with Crippen LogP contribution in [-0.2, 0) is 0 Å². The number of nitrogens with zero attached hydrogens (tertiary/aromatic N) is 1. The SMILES string of the molecule is Cl.NCCOc1noc2ccccc12. The molecule has 0 atom stereocenters. The molecule has 5 heteroatoms. The highest BCUT2D eigenvalue weighted by Crippen LogP contribution is 2.23. The molecule has 0 bridgehead atoms. The van der Waals surface area contributed by atoms with Crippen LogP contribution in [0.4, 0.5) is 0 Å². The van der Waals surface area contributed by atoms with E-state index in [1.807, 2.05) is 24.3 Å². The Labute approximate surface area is 87.4 Å². The van der Waals surface area contributed by atoms with Crippen molar-refractivity contribution in [2.45, 2.75) is 0 Å². The zero-order valence-corrected chi connectivity index (χ0v) is 8.29. The molecule has 0 spiro atoms. The lowest BCUT2D eigenvalue weighted by atomic mass is 10.3. The normalized spacial score (nSPS) is 9.79. The van der Waals surface area contributed by atoms with Crippen molar-refractivity contribution in [1.82, 2.24) is 5.16 Å². The molecule has 0 saturated carbocycles. The maximum absolute atomic E-state index is 5.31. The van der Waals surface area contributed by atoms with E-state index >= 15 is 0 Å². The lowest BCUT2D eigenvalue weighted by molar-refractivity contribution is 0.293. The summed E-state index contributed by atoms with van der Waals surface area (Å²) in [6.45, 7) is 0.928. The van der Waals surface area contributed by atoms with Gasteiger partial charge in [-0.1, -0.05) is 12.1 Å². The molecule has 0 radical (unpaired) electrons. The topological polar surface area (TPSA) is 61.3 Å². The van der Waals surface area contributed by atoms with E-state index in [1.165, 1.54) is 0 Å². The van der Waals surface area contributed by atoms with Gasteiger partial charge in [0, 0.05) is 6.54 Å². The standard InChI is InChI=1S/C9H10N2O2.ClH/c10-5-6-12-9-7-3-1-2-4-8(7)13-11-9;/h1-4H,5-6,10H2;1H. The summed E-state index contributed by atoms with van der Waals surface area (Å²) >= 11 is 0. The fourth-order valence-corrected chi connectivity index (χ4v) is 1.12. The third kappa shape index (κ3) is 1.97. The predicted molar refractivity (Wildman–Crippen MR) is 55.8 cm³/mol. The van der Waals surface area contributed by atoms with E-state index in [2.05, 4.69) is 5.16 Å². The Bertz CT molecular complexity index is 402. The molecule has 0 amide bonds. The Hall–Kier alpha value is -1.26. The maximum atomic E-state index is 5.31. The van der Waals surface area contributed by atoms with Gasteiger partial charge in [-0.05, 0) is 17.3 Å². The van der Waals surface area contributed by atoms with Crippen LogP contribution in [0.25, 0.3) is 11.0 Å². The summed E-state index contributed by atoms with van der Waals surface area (Å²) < 4.78 is 10.3. The summed E-state index contributed by atoms with van der Waals surface area (Å²) in [5.41, 5.74) is 6.04. The summed E-state index contributed by atoms with van der Waals surface area (Å²) in [5, 5.41) is 4.67. The number of rotatable bonds is 3. The lowest BCUT2D eigenvalue weighted by Crippen LogP contribution is -2.10. The summed E-state index contributed by atoms with van der Waals surface area (Å²) in [6, 6.07) is 7.55. The predicted octanol–water partition coefficient (Wildman–Crippen LogP) is 1.59. The van der Waals surface area contributed by atoms with Crippen molar-refractivity contribution < 1.29 is 9.26 Å². The first-order valence-electron chi connectivity index (χ1n) is 4.09. The average molecular weight is 215 g/mol. The van der Waals surface area contributed by atoms with Crippen molar-refractivity contribution in [3.05, 3.63) is 24.3 Å². The fourth-order valence-electron chi connectivity index (χ4n) is 1.12. The minimum Gasteiger partial charge on any atom is -0.474 e. The molecule has 0 saturated heterocycles. The van der Waals surface area contributed by atoms with E-state index in [4.69, 9.17) is 15.0 Å². The number of nitrogens with two attached hydrogens (primary N) is 1. The van der Waals surface area contributed by atoms with Gasteiger partial charge < -0.3 is 15.0 Å².